The fraction of sp³-hybridized carbons (Fsp3) is 0.350. The van der Waals surface area contributed by atoms with Crippen LogP contribution in [0.1, 0.15) is 46.4 Å². The number of carboxylic acid groups (broad SMARTS) is 4. The molecule has 2 fully saturated rings. The van der Waals surface area contributed by atoms with Crippen molar-refractivity contribution in [1.29, 1.82) is 0 Å². The van der Waals surface area contributed by atoms with Crippen LogP contribution in [0.3, 0.4) is 0 Å². The summed E-state index contributed by atoms with van der Waals surface area (Å²) in [7, 11) is 0. The number of rotatable bonds is 14. The van der Waals surface area contributed by atoms with Crippen LogP contribution < -0.4 is 63.5 Å². The third-order valence-electron chi connectivity index (χ3n) is 11.3. The molecule has 4 aliphatic heterocycles. The second-order valence-electron chi connectivity index (χ2n) is 15.7. The van der Waals surface area contributed by atoms with Crippen LogP contribution in [0.4, 0.5) is 46.3 Å². The van der Waals surface area contributed by atoms with Gasteiger partial charge in [-0.05, 0) is 61.4 Å². The molecule has 6 heterocycles. The lowest BCUT2D eigenvalue weighted by molar-refractivity contribution is -0.142. The summed E-state index contributed by atoms with van der Waals surface area (Å²) in [6.07, 6.45) is -1.17. The molecule has 2 saturated heterocycles. The second kappa shape index (κ2) is 19.0. The summed E-state index contributed by atoms with van der Waals surface area (Å²) in [6.45, 7) is 3.33. The number of carboxylic acids is 4. The van der Waals surface area contributed by atoms with Gasteiger partial charge in [-0.1, -0.05) is 0 Å². The number of hydrogen-bond acceptors (Lipinski definition) is 18. The van der Waals surface area contributed by atoms with Crippen molar-refractivity contribution in [2.75, 3.05) is 81.2 Å². The first-order valence-corrected chi connectivity index (χ1v) is 20.5. The fourth-order valence-electron chi connectivity index (χ4n) is 8.01. The number of nitrogens with one attached hydrogen (secondary N) is 6. The van der Waals surface area contributed by atoms with Gasteiger partial charge in [0.05, 0.1) is 25.4 Å². The average Bonchev–Trinajstić information content (AvgIpc) is 3.91. The summed E-state index contributed by atoms with van der Waals surface area (Å²) in [5.41, 5.74) is 13.6. The maximum atomic E-state index is 12.4. The molecule has 0 bridgehead atoms. The topological polar surface area (TPSA) is 388 Å². The molecule has 0 saturated carbocycles. The van der Waals surface area contributed by atoms with Crippen molar-refractivity contribution < 1.29 is 49.2 Å². The highest BCUT2D eigenvalue weighted by molar-refractivity contribution is 5.98. The normalized spacial score (nSPS) is 17.5. The zero-order valence-corrected chi connectivity index (χ0v) is 34.9. The van der Waals surface area contributed by atoms with Crippen molar-refractivity contribution in [2.45, 2.75) is 49.9 Å². The number of H-pyrrole nitrogens is 2. The van der Waals surface area contributed by atoms with Crippen molar-refractivity contribution in [3.63, 3.8) is 0 Å². The van der Waals surface area contributed by atoms with Crippen molar-refractivity contribution >= 4 is 82.0 Å². The quantitative estimate of drug-likeness (QED) is 0.0718. The Hall–Kier alpha value is -8.58. The molecular formula is C40H46N14O12. The van der Waals surface area contributed by atoms with Crippen LogP contribution >= 0.6 is 0 Å². The molecule has 8 rings (SSSR count). The number of nitrogens with zero attached hydrogens (tertiary/aromatic N) is 6. The van der Waals surface area contributed by atoms with Crippen LogP contribution in [0.5, 0.6) is 0 Å². The van der Waals surface area contributed by atoms with Crippen LogP contribution in [0.15, 0.2) is 58.1 Å². The number of nitrogens with two attached hydrogens (primary N) is 2. The first-order chi connectivity index (χ1) is 31.4. The highest BCUT2D eigenvalue weighted by Crippen LogP contribution is 2.34. The van der Waals surface area contributed by atoms with Gasteiger partial charge in [-0.25, -0.2) is 9.59 Å². The number of aromatic nitrogens is 4. The standard InChI is InChI=1S/2C20H23N7O6/c2*21-20-24-16-15(18(31)25-20)27-9-26(8-12(27)7-22-16)11-3-1-10(2-4-11)17(30)23-13(19(32)33)5-6-14(28)29/h2*1-4,12-13H,5-9H2,(H,23,30)(H,28,29)(H,32,33)(H4,21,22,24,25,31)/t2*12-,13+/m11/s1. The lowest BCUT2D eigenvalue weighted by atomic mass is 10.1. The van der Waals surface area contributed by atoms with E-state index in [1.807, 2.05) is 19.6 Å². The summed E-state index contributed by atoms with van der Waals surface area (Å²) >= 11 is 0. The van der Waals surface area contributed by atoms with E-state index in [4.69, 9.17) is 21.7 Å². The number of amides is 2. The number of aliphatic carboxylic acids is 4. The Kier molecular flexibility index (Phi) is 13.1. The predicted octanol–water partition coefficient (Wildman–Crippen LogP) is -1.04. The molecular weight excluding hydrogens is 869 g/mol. The van der Waals surface area contributed by atoms with E-state index in [0.29, 0.717) is 62.5 Å². The Balaban J connectivity index is 0.000000196. The van der Waals surface area contributed by atoms with Crippen LogP contribution in [-0.4, -0.2) is 140 Å². The lowest BCUT2D eigenvalue weighted by Crippen LogP contribution is -2.44. The number of aromatic amines is 2. The van der Waals surface area contributed by atoms with Gasteiger partial charge >= 0.3 is 23.9 Å². The second-order valence-corrected chi connectivity index (χ2v) is 15.7. The number of nitrogen functional groups attached to an aromatic ring is 2. The van der Waals surface area contributed by atoms with Crippen molar-refractivity contribution in [3.8, 4) is 0 Å². The summed E-state index contributed by atoms with van der Waals surface area (Å²) in [4.78, 5) is 115. The highest BCUT2D eigenvalue weighted by Gasteiger charge is 2.39. The third-order valence-corrected chi connectivity index (χ3v) is 11.3. The van der Waals surface area contributed by atoms with Gasteiger partial charge in [-0.2, -0.15) is 9.97 Å². The molecule has 4 aromatic rings. The van der Waals surface area contributed by atoms with Gasteiger partial charge in [-0.3, -0.25) is 38.7 Å². The molecule has 2 aromatic carbocycles. The van der Waals surface area contributed by atoms with E-state index in [2.05, 4.69) is 41.2 Å². The van der Waals surface area contributed by atoms with Gasteiger partial charge < -0.3 is 72.8 Å². The first kappa shape index (κ1) is 45.4. The Morgan fingerprint density at radius 3 is 1.32 bits per heavy atom. The zero-order valence-electron chi connectivity index (χ0n) is 34.9. The Bertz CT molecular complexity index is 2480. The SMILES string of the molecule is Nc1nc2c(c(=O)[nH]1)N1CN(c3ccc(C(=O)N[C@@H](CCC(=O)O)C(=O)O)cc3)C[C@H]1CN2.Nc1nc2c(c(=O)[nH]1)N1CN(c3ccc(C(=O)N[C@@H](CCC(=O)O)C(=O)O)cc3)C[C@H]1CN2. The maximum absolute atomic E-state index is 12.4. The van der Waals surface area contributed by atoms with Crippen LogP contribution in [0, 0.1) is 0 Å². The lowest BCUT2D eigenvalue weighted by Gasteiger charge is -2.31. The number of fused-ring (bicyclic) bond motifs is 6. The van der Waals surface area contributed by atoms with Gasteiger partial charge in [-0.15, -0.1) is 0 Å². The minimum Gasteiger partial charge on any atom is -0.481 e. The molecule has 4 atom stereocenters. The van der Waals surface area contributed by atoms with Gasteiger partial charge in [0.15, 0.2) is 11.6 Å². The molecule has 348 valence electrons. The Labute approximate surface area is 372 Å². The summed E-state index contributed by atoms with van der Waals surface area (Å²) in [6, 6.07) is 10.7. The van der Waals surface area contributed by atoms with Crippen LogP contribution in [-0.2, 0) is 19.2 Å². The number of carbonyl (C=O) groups is 6. The van der Waals surface area contributed by atoms with Gasteiger partial charge in [0.25, 0.3) is 22.9 Å². The molecule has 14 N–H and O–H groups in total. The predicted molar refractivity (Wildman–Crippen MR) is 237 cm³/mol. The Morgan fingerprint density at radius 2 is 0.985 bits per heavy atom. The zero-order chi connectivity index (χ0) is 47.4. The molecule has 2 amide bonds. The van der Waals surface area contributed by atoms with Crippen molar-refractivity contribution in [3.05, 3.63) is 80.4 Å². The number of anilines is 8. The summed E-state index contributed by atoms with van der Waals surface area (Å²) in [5.74, 6) is -5.11. The Morgan fingerprint density at radius 1 is 0.621 bits per heavy atom. The molecule has 26 nitrogen and oxygen atoms in total. The molecule has 0 unspecified atom stereocenters. The van der Waals surface area contributed by atoms with Gasteiger partial charge in [0, 0.05) is 61.5 Å². The van der Waals surface area contributed by atoms with E-state index < -0.39 is 47.8 Å². The smallest absolute Gasteiger partial charge is 0.326 e. The minimum absolute atomic E-state index is 0.0394. The molecule has 4 aliphatic rings. The van der Waals surface area contributed by atoms with Gasteiger partial charge in [0.1, 0.15) is 23.5 Å². The molecule has 0 radical (unpaired) electrons. The van der Waals surface area contributed by atoms with Crippen LogP contribution in [0.2, 0.25) is 0 Å². The van der Waals surface area contributed by atoms with E-state index in [1.54, 1.807) is 48.5 Å². The molecule has 0 aliphatic carbocycles. The fourth-order valence-corrected chi connectivity index (χ4v) is 8.01. The summed E-state index contributed by atoms with van der Waals surface area (Å²) in [5, 5.41) is 46.9. The molecule has 0 spiro atoms. The molecule has 26 heteroatoms. The summed E-state index contributed by atoms with van der Waals surface area (Å²) < 4.78 is 0. The van der Waals surface area contributed by atoms with E-state index >= 15 is 0 Å². The maximum Gasteiger partial charge on any atom is 0.326 e. The van der Waals surface area contributed by atoms with E-state index in [1.165, 1.54) is 0 Å². The van der Waals surface area contributed by atoms with E-state index in [-0.39, 0.29) is 71.9 Å². The van der Waals surface area contributed by atoms with Crippen LogP contribution in [0.25, 0.3) is 0 Å². The monoisotopic (exact) mass is 914 g/mol. The number of hydrogen-bond donors (Lipinski definition) is 12. The molecule has 2 aromatic heterocycles. The van der Waals surface area contributed by atoms with Gasteiger partial charge in [0.2, 0.25) is 11.9 Å². The number of carbonyl (C=O) groups excluding carboxylic acids is 2. The average molecular weight is 915 g/mol. The number of benzene rings is 2. The molecule has 66 heavy (non-hydrogen) atoms. The van der Waals surface area contributed by atoms with E-state index in [9.17, 15) is 48.6 Å². The highest BCUT2D eigenvalue weighted by atomic mass is 16.4. The minimum atomic E-state index is -1.30. The third kappa shape index (κ3) is 10.1. The van der Waals surface area contributed by atoms with Crippen molar-refractivity contribution in [1.82, 2.24) is 30.6 Å². The first-order valence-electron chi connectivity index (χ1n) is 20.5. The van der Waals surface area contributed by atoms with E-state index in [0.717, 1.165) is 11.4 Å². The largest absolute Gasteiger partial charge is 0.481 e. The van der Waals surface area contributed by atoms with Crippen molar-refractivity contribution in [2.24, 2.45) is 0 Å².